The van der Waals surface area contributed by atoms with Gasteiger partial charge in [0.25, 0.3) is 11.8 Å². The van der Waals surface area contributed by atoms with Crippen LogP contribution in [0, 0.1) is 0 Å². The summed E-state index contributed by atoms with van der Waals surface area (Å²) in [6.45, 7) is 5.69. The minimum absolute atomic E-state index is 0. The number of fused-ring (bicyclic) bond motifs is 1. The van der Waals surface area contributed by atoms with Gasteiger partial charge in [0, 0.05) is 0 Å². The second-order valence-corrected chi connectivity index (χ2v) is 7.52. The number of rotatable bonds is 5. The lowest BCUT2D eigenvalue weighted by Gasteiger charge is -2.26. The highest BCUT2D eigenvalue weighted by atomic mass is 35.5. The quantitative estimate of drug-likeness (QED) is 0.665. The van der Waals surface area contributed by atoms with E-state index in [9.17, 15) is 9.59 Å². The Kier molecular flexibility index (Phi) is 6.94. The number of nitrogens with one attached hydrogen (secondary N) is 3. The fraction of sp³-hybridized carbons (Fsp3) is 0.500. The van der Waals surface area contributed by atoms with Crippen LogP contribution in [0.1, 0.15) is 61.2 Å². The summed E-state index contributed by atoms with van der Waals surface area (Å²) < 4.78 is 7.58. The van der Waals surface area contributed by atoms with Crippen LogP contribution in [0.4, 0.5) is 5.69 Å². The third-order valence-electron chi connectivity index (χ3n) is 5.47. The van der Waals surface area contributed by atoms with E-state index in [1.165, 1.54) is 0 Å². The predicted molar refractivity (Wildman–Crippen MR) is 114 cm³/mol. The molecule has 10 heteroatoms. The molecule has 1 aromatic carbocycles. The number of carbonyl (C=O) groups excluding carboxylic acids is 2. The first-order chi connectivity index (χ1) is 14.0. The van der Waals surface area contributed by atoms with Gasteiger partial charge < -0.3 is 20.7 Å². The summed E-state index contributed by atoms with van der Waals surface area (Å²) in [5.41, 5.74) is 1.84. The van der Waals surface area contributed by atoms with E-state index in [2.05, 4.69) is 26.3 Å². The fourth-order valence-electron chi connectivity index (χ4n) is 3.68. The molecule has 2 atom stereocenters. The van der Waals surface area contributed by atoms with Crippen LogP contribution in [0.3, 0.4) is 0 Å². The van der Waals surface area contributed by atoms with Crippen LogP contribution < -0.4 is 20.7 Å². The number of benzene rings is 1. The Labute approximate surface area is 181 Å². The van der Waals surface area contributed by atoms with E-state index in [0.717, 1.165) is 31.5 Å². The standard InChI is InChI=1S/C20H26N6O3.ClH/c1-3-17-20(28)23-15-5-4-13(10-18(15)29-17)12(2)22-19(27)16-11-26(25-24-16)14-6-8-21-9-7-14;/h4-5,10-12,14,17,21H,3,6-9H2,1-2H3,(H,22,27)(H,23,28);1H. The van der Waals surface area contributed by atoms with E-state index >= 15 is 0 Å². The summed E-state index contributed by atoms with van der Waals surface area (Å²) in [5, 5.41) is 17.3. The van der Waals surface area contributed by atoms with Crippen LogP contribution in [-0.2, 0) is 4.79 Å². The molecule has 162 valence electrons. The SMILES string of the molecule is CCC1Oc2cc(C(C)NC(=O)c3cn(C4CCNCC4)nn3)ccc2NC1=O.Cl. The number of carbonyl (C=O) groups is 2. The van der Waals surface area contributed by atoms with Crippen molar-refractivity contribution in [3.05, 3.63) is 35.7 Å². The van der Waals surface area contributed by atoms with E-state index in [1.807, 2.05) is 26.0 Å². The van der Waals surface area contributed by atoms with E-state index in [0.29, 0.717) is 23.6 Å². The van der Waals surface area contributed by atoms with E-state index in [1.54, 1.807) is 16.9 Å². The molecule has 2 unspecified atom stereocenters. The van der Waals surface area contributed by atoms with Gasteiger partial charge >= 0.3 is 0 Å². The van der Waals surface area contributed by atoms with Crippen molar-refractivity contribution in [3.63, 3.8) is 0 Å². The van der Waals surface area contributed by atoms with Gasteiger partial charge in [-0.15, -0.1) is 17.5 Å². The van der Waals surface area contributed by atoms with Gasteiger partial charge in [-0.2, -0.15) is 0 Å². The molecule has 1 aromatic heterocycles. The van der Waals surface area contributed by atoms with Gasteiger partial charge in [0.15, 0.2) is 11.8 Å². The Morgan fingerprint density at radius 2 is 2.13 bits per heavy atom. The Morgan fingerprint density at radius 3 is 2.87 bits per heavy atom. The maximum Gasteiger partial charge on any atom is 0.273 e. The number of ether oxygens (including phenoxy) is 1. The molecule has 2 aromatic rings. The van der Waals surface area contributed by atoms with Crippen molar-refractivity contribution in [1.82, 2.24) is 25.6 Å². The molecule has 2 aliphatic heterocycles. The van der Waals surface area contributed by atoms with Crippen molar-refractivity contribution in [3.8, 4) is 5.75 Å². The van der Waals surface area contributed by atoms with Crippen molar-refractivity contribution in [2.75, 3.05) is 18.4 Å². The number of nitrogens with zero attached hydrogens (tertiary/aromatic N) is 3. The molecule has 0 spiro atoms. The summed E-state index contributed by atoms with van der Waals surface area (Å²) in [7, 11) is 0. The van der Waals surface area contributed by atoms with E-state index in [-0.39, 0.29) is 36.3 Å². The van der Waals surface area contributed by atoms with Crippen molar-refractivity contribution in [1.29, 1.82) is 0 Å². The number of hydrogen-bond donors (Lipinski definition) is 3. The summed E-state index contributed by atoms with van der Waals surface area (Å²) in [6.07, 6.45) is 3.77. The van der Waals surface area contributed by atoms with Crippen LogP contribution in [0.5, 0.6) is 5.75 Å². The average molecular weight is 435 g/mol. The molecule has 2 aliphatic rings. The first-order valence-electron chi connectivity index (χ1n) is 10.1. The number of anilines is 1. The summed E-state index contributed by atoms with van der Waals surface area (Å²) in [6, 6.07) is 5.55. The maximum absolute atomic E-state index is 12.6. The third-order valence-corrected chi connectivity index (χ3v) is 5.47. The topological polar surface area (TPSA) is 110 Å². The maximum atomic E-state index is 12.6. The molecule has 30 heavy (non-hydrogen) atoms. The number of halogens is 1. The Balaban J connectivity index is 0.00000256. The number of aromatic nitrogens is 3. The molecular weight excluding hydrogens is 408 g/mol. The third kappa shape index (κ3) is 4.57. The molecule has 1 fully saturated rings. The molecule has 1 saturated heterocycles. The second kappa shape index (κ2) is 9.44. The number of amides is 2. The fourth-order valence-corrected chi connectivity index (χ4v) is 3.68. The second-order valence-electron chi connectivity index (χ2n) is 7.52. The van der Waals surface area contributed by atoms with Gasteiger partial charge in [0.1, 0.15) is 5.75 Å². The normalized spacial score (nSPS) is 19.7. The molecule has 4 rings (SSSR count). The van der Waals surface area contributed by atoms with Crippen molar-refractivity contribution in [2.45, 2.75) is 51.3 Å². The summed E-state index contributed by atoms with van der Waals surface area (Å²) in [5.74, 6) is 0.217. The monoisotopic (exact) mass is 434 g/mol. The van der Waals surface area contributed by atoms with Gasteiger partial charge in [0.2, 0.25) is 0 Å². The van der Waals surface area contributed by atoms with Crippen LogP contribution in [0.2, 0.25) is 0 Å². The summed E-state index contributed by atoms with van der Waals surface area (Å²) >= 11 is 0. The lowest BCUT2D eigenvalue weighted by Crippen LogP contribution is -2.36. The Morgan fingerprint density at radius 1 is 1.37 bits per heavy atom. The molecule has 9 nitrogen and oxygen atoms in total. The van der Waals surface area contributed by atoms with Crippen LogP contribution >= 0.6 is 12.4 Å². The molecule has 0 aliphatic carbocycles. The Bertz CT molecular complexity index is 912. The molecule has 0 saturated carbocycles. The molecular formula is C20H27ClN6O3. The summed E-state index contributed by atoms with van der Waals surface area (Å²) in [4.78, 5) is 24.5. The largest absolute Gasteiger partial charge is 0.478 e. The minimum atomic E-state index is -0.493. The lowest BCUT2D eigenvalue weighted by molar-refractivity contribution is -0.123. The van der Waals surface area contributed by atoms with E-state index < -0.39 is 6.10 Å². The molecule has 2 amide bonds. The first-order valence-corrected chi connectivity index (χ1v) is 10.1. The lowest BCUT2D eigenvalue weighted by atomic mass is 10.1. The van der Waals surface area contributed by atoms with Crippen LogP contribution in [-0.4, -0.2) is 46.0 Å². The first kappa shape index (κ1) is 22.0. The molecule has 3 heterocycles. The van der Waals surface area contributed by atoms with Crippen LogP contribution in [0.15, 0.2) is 24.4 Å². The number of hydrogen-bond acceptors (Lipinski definition) is 6. The van der Waals surface area contributed by atoms with Gasteiger partial charge in [-0.3, -0.25) is 9.59 Å². The van der Waals surface area contributed by atoms with Crippen molar-refractivity contribution < 1.29 is 14.3 Å². The molecule has 0 bridgehead atoms. The minimum Gasteiger partial charge on any atom is -0.478 e. The van der Waals surface area contributed by atoms with Crippen molar-refractivity contribution >= 4 is 29.9 Å². The van der Waals surface area contributed by atoms with Gasteiger partial charge in [0.05, 0.1) is 24.0 Å². The highest BCUT2D eigenvalue weighted by molar-refractivity contribution is 5.97. The zero-order valence-electron chi connectivity index (χ0n) is 17.1. The zero-order chi connectivity index (χ0) is 20.4. The highest BCUT2D eigenvalue weighted by Gasteiger charge is 2.27. The number of piperidine rings is 1. The molecule has 3 N–H and O–H groups in total. The van der Waals surface area contributed by atoms with Gasteiger partial charge in [-0.1, -0.05) is 18.2 Å². The van der Waals surface area contributed by atoms with Gasteiger partial charge in [-0.05, 0) is 57.0 Å². The Hall–Kier alpha value is -2.65. The zero-order valence-corrected chi connectivity index (χ0v) is 17.9. The highest BCUT2D eigenvalue weighted by Crippen LogP contribution is 2.33. The smallest absolute Gasteiger partial charge is 0.273 e. The van der Waals surface area contributed by atoms with Gasteiger partial charge in [-0.25, -0.2) is 4.68 Å². The van der Waals surface area contributed by atoms with E-state index in [4.69, 9.17) is 4.74 Å². The predicted octanol–water partition coefficient (Wildman–Crippen LogP) is 2.22. The van der Waals surface area contributed by atoms with Crippen LogP contribution in [0.25, 0.3) is 0 Å². The molecule has 0 radical (unpaired) electrons. The average Bonchev–Trinajstić information content (AvgIpc) is 3.24. The van der Waals surface area contributed by atoms with Crippen molar-refractivity contribution in [2.24, 2.45) is 0 Å².